The van der Waals surface area contributed by atoms with Crippen LogP contribution in [0.3, 0.4) is 0 Å². The van der Waals surface area contributed by atoms with Gasteiger partial charge < -0.3 is 9.84 Å². The van der Waals surface area contributed by atoms with E-state index in [0.717, 1.165) is 4.90 Å². The predicted molar refractivity (Wildman–Crippen MR) is 65.8 cm³/mol. The molecule has 0 radical (unpaired) electrons. The average Bonchev–Trinajstić information content (AvgIpc) is 2.34. The maximum absolute atomic E-state index is 11.9. The van der Waals surface area contributed by atoms with E-state index in [1.54, 1.807) is 31.4 Å². The second-order valence-electron chi connectivity index (χ2n) is 3.58. The van der Waals surface area contributed by atoms with Crippen LogP contribution in [-0.4, -0.2) is 28.1 Å². The zero-order valence-corrected chi connectivity index (χ0v) is 10.5. The first-order valence-electron chi connectivity index (χ1n) is 5.37. The van der Waals surface area contributed by atoms with Crippen molar-refractivity contribution in [2.45, 2.75) is 24.2 Å². The summed E-state index contributed by atoms with van der Waals surface area (Å²) in [5.74, 6) is 0.360. The third-order valence-corrected chi connectivity index (χ3v) is 3.71. The number of unbranched alkanes of at least 4 members (excludes halogenated alkanes) is 1. The van der Waals surface area contributed by atoms with Gasteiger partial charge in [0.25, 0.3) is 0 Å². The SMILES string of the molecule is COc1cccc(S(=O)CCCCC(=O)O)c1. The number of ether oxygens (including phenoxy) is 1. The first kappa shape index (κ1) is 13.7. The molecule has 1 rings (SSSR count). The summed E-state index contributed by atoms with van der Waals surface area (Å²) in [5, 5.41) is 8.47. The van der Waals surface area contributed by atoms with E-state index in [-0.39, 0.29) is 6.42 Å². The minimum absolute atomic E-state index is 0.134. The Balaban J connectivity index is 2.43. The smallest absolute Gasteiger partial charge is 0.303 e. The second kappa shape index (κ2) is 7.06. The molecule has 17 heavy (non-hydrogen) atoms. The minimum atomic E-state index is -1.08. The third kappa shape index (κ3) is 4.99. The van der Waals surface area contributed by atoms with Crippen molar-refractivity contribution in [3.8, 4) is 5.75 Å². The molecule has 0 saturated heterocycles. The molecule has 1 unspecified atom stereocenters. The highest BCUT2D eigenvalue weighted by molar-refractivity contribution is 7.85. The monoisotopic (exact) mass is 256 g/mol. The zero-order chi connectivity index (χ0) is 12.7. The van der Waals surface area contributed by atoms with Gasteiger partial charge in [0.2, 0.25) is 0 Å². The van der Waals surface area contributed by atoms with E-state index < -0.39 is 16.8 Å². The maximum Gasteiger partial charge on any atom is 0.303 e. The van der Waals surface area contributed by atoms with Gasteiger partial charge in [-0.1, -0.05) is 6.07 Å². The van der Waals surface area contributed by atoms with Gasteiger partial charge in [0.05, 0.1) is 17.9 Å². The van der Waals surface area contributed by atoms with Crippen molar-refractivity contribution in [2.24, 2.45) is 0 Å². The molecule has 4 nitrogen and oxygen atoms in total. The molecule has 0 aromatic heterocycles. The highest BCUT2D eigenvalue weighted by atomic mass is 32.2. The summed E-state index contributed by atoms with van der Waals surface area (Å²) in [6, 6.07) is 7.12. The number of methoxy groups -OCH3 is 1. The highest BCUT2D eigenvalue weighted by Gasteiger charge is 2.05. The second-order valence-corrected chi connectivity index (χ2v) is 5.15. The lowest BCUT2D eigenvalue weighted by molar-refractivity contribution is -0.137. The molecule has 5 heteroatoms. The number of hydrogen-bond donors (Lipinski definition) is 1. The van der Waals surface area contributed by atoms with Crippen LogP contribution in [0.4, 0.5) is 0 Å². The van der Waals surface area contributed by atoms with E-state index in [1.165, 1.54) is 0 Å². The first-order chi connectivity index (χ1) is 8.13. The Labute approximate surface area is 103 Å². The molecule has 0 fully saturated rings. The Morgan fingerprint density at radius 1 is 1.41 bits per heavy atom. The summed E-state index contributed by atoms with van der Waals surface area (Å²) in [7, 11) is 0.481. The summed E-state index contributed by atoms with van der Waals surface area (Å²) in [6.07, 6.45) is 1.34. The van der Waals surface area contributed by atoms with Crippen LogP contribution >= 0.6 is 0 Å². The van der Waals surface area contributed by atoms with Crippen LogP contribution in [0, 0.1) is 0 Å². The Morgan fingerprint density at radius 2 is 2.18 bits per heavy atom. The number of carboxylic acid groups (broad SMARTS) is 1. The minimum Gasteiger partial charge on any atom is -0.497 e. The van der Waals surface area contributed by atoms with Crippen LogP contribution in [0.2, 0.25) is 0 Å². The van der Waals surface area contributed by atoms with Gasteiger partial charge in [-0.25, -0.2) is 0 Å². The van der Waals surface area contributed by atoms with E-state index in [4.69, 9.17) is 9.84 Å². The van der Waals surface area contributed by atoms with Gasteiger partial charge in [0, 0.05) is 17.1 Å². The molecule has 1 atom stereocenters. The van der Waals surface area contributed by atoms with E-state index >= 15 is 0 Å². The standard InChI is InChI=1S/C12H16O4S/c1-16-10-5-4-6-11(9-10)17(15)8-3-2-7-12(13)14/h4-6,9H,2-3,7-8H2,1H3,(H,13,14). The quantitative estimate of drug-likeness (QED) is 0.758. The summed E-state index contributed by atoms with van der Waals surface area (Å²) in [4.78, 5) is 11.0. The average molecular weight is 256 g/mol. The van der Waals surface area contributed by atoms with E-state index in [0.29, 0.717) is 24.3 Å². The largest absolute Gasteiger partial charge is 0.497 e. The number of aliphatic carboxylic acids is 1. The molecule has 0 aliphatic rings. The molecule has 0 aliphatic heterocycles. The summed E-state index contributed by atoms with van der Waals surface area (Å²) < 4.78 is 16.9. The Morgan fingerprint density at radius 3 is 2.82 bits per heavy atom. The lowest BCUT2D eigenvalue weighted by Crippen LogP contribution is -2.01. The summed E-state index contributed by atoms with van der Waals surface area (Å²) >= 11 is 0. The van der Waals surface area contributed by atoms with Crippen molar-refractivity contribution in [2.75, 3.05) is 12.9 Å². The van der Waals surface area contributed by atoms with Crippen LogP contribution in [-0.2, 0) is 15.6 Å². The zero-order valence-electron chi connectivity index (χ0n) is 9.72. The molecule has 0 aliphatic carbocycles. The molecular formula is C12H16O4S. The van der Waals surface area contributed by atoms with Crippen LogP contribution in [0.25, 0.3) is 0 Å². The Bertz CT molecular complexity index is 403. The molecule has 94 valence electrons. The van der Waals surface area contributed by atoms with Gasteiger partial charge in [-0.2, -0.15) is 0 Å². The fourth-order valence-electron chi connectivity index (χ4n) is 1.37. The fraction of sp³-hybridized carbons (Fsp3) is 0.417. The highest BCUT2D eigenvalue weighted by Crippen LogP contribution is 2.16. The Hall–Kier alpha value is -1.36. The topological polar surface area (TPSA) is 63.6 Å². The predicted octanol–water partition coefficient (Wildman–Crippen LogP) is 2.06. The van der Waals surface area contributed by atoms with E-state index in [9.17, 15) is 9.00 Å². The van der Waals surface area contributed by atoms with Crippen LogP contribution in [0.5, 0.6) is 5.75 Å². The molecular weight excluding hydrogens is 240 g/mol. The molecule has 0 heterocycles. The fourth-order valence-corrected chi connectivity index (χ4v) is 2.55. The number of benzene rings is 1. The molecule has 1 N–H and O–H groups in total. The number of carboxylic acids is 1. The molecule has 0 spiro atoms. The van der Waals surface area contributed by atoms with Crippen molar-refractivity contribution < 1.29 is 18.8 Å². The Kier molecular flexibility index (Phi) is 5.69. The summed E-state index contributed by atoms with van der Waals surface area (Å²) in [6.45, 7) is 0. The molecule has 0 amide bonds. The molecule has 0 saturated carbocycles. The van der Waals surface area contributed by atoms with Gasteiger partial charge >= 0.3 is 5.97 Å². The first-order valence-corrected chi connectivity index (χ1v) is 6.69. The number of hydrogen-bond acceptors (Lipinski definition) is 3. The van der Waals surface area contributed by atoms with Crippen molar-refractivity contribution in [3.63, 3.8) is 0 Å². The van der Waals surface area contributed by atoms with Crippen LogP contribution in [0.15, 0.2) is 29.2 Å². The lowest BCUT2D eigenvalue weighted by Gasteiger charge is -2.04. The van der Waals surface area contributed by atoms with Crippen LogP contribution in [0.1, 0.15) is 19.3 Å². The van der Waals surface area contributed by atoms with Crippen molar-refractivity contribution in [3.05, 3.63) is 24.3 Å². The van der Waals surface area contributed by atoms with Crippen molar-refractivity contribution in [1.29, 1.82) is 0 Å². The maximum atomic E-state index is 11.9. The number of carbonyl (C=O) groups is 1. The van der Waals surface area contributed by atoms with E-state index in [1.807, 2.05) is 0 Å². The van der Waals surface area contributed by atoms with Crippen LogP contribution < -0.4 is 4.74 Å². The normalized spacial score (nSPS) is 12.1. The molecule has 1 aromatic rings. The van der Waals surface area contributed by atoms with Crippen molar-refractivity contribution in [1.82, 2.24) is 0 Å². The summed E-state index contributed by atoms with van der Waals surface area (Å²) in [5.41, 5.74) is 0. The van der Waals surface area contributed by atoms with E-state index in [2.05, 4.69) is 0 Å². The van der Waals surface area contributed by atoms with Gasteiger partial charge in [0.1, 0.15) is 5.75 Å². The lowest BCUT2D eigenvalue weighted by atomic mass is 10.2. The van der Waals surface area contributed by atoms with Crippen molar-refractivity contribution >= 4 is 16.8 Å². The molecule has 1 aromatic carbocycles. The molecule has 0 bridgehead atoms. The third-order valence-electron chi connectivity index (χ3n) is 2.27. The van der Waals surface area contributed by atoms with Gasteiger partial charge in [-0.05, 0) is 31.0 Å². The number of rotatable bonds is 7. The van der Waals surface area contributed by atoms with Gasteiger partial charge in [-0.3, -0.25) is 9.00 Å². The van der Waals surface area contributed by atoms with Gasteiger partial charge in [0.15, 0.2) is 0 Å². The van der Waals surface area contributed by atoms with Gasteiger partial charge in [-0.15, -0.1) is 0 Å².